The summed E-state index contributed by atoms with van der Waals surface area (Å²) in [7, 11) is 0. The van der Waals surface area contributed by atoms with Crippen LogP contribution in [0.4, 0.5) is 0 Å². The molecule has 2 heterocycles. The molecule has 4 nitrogen and oxygen atoms in total. The molecule has 2 aromatic rings. The number of halogens is 1. The Balaban J connectivity index is 1.79. The first kappa shape index (κ1) is 15.4. The maximum absolute atomic E-state index is 12.7. The highest BCUT2D eigenvalue weighted by Gasteiger charge is 2.28. The molecule has 22 heavy (non-hydrogen) atoms. The summed E-state index contributed by atoms with van der Waals surface area (Å²) in [4.78, 5) is 14.6. The Morgan fingerprint density at radius 3 is 2.95 bits per heavy atom. The van der Waals surface area contributed by atoms with Gasteiger partial charge in [-0.2, -0.15) is 0 Å². The quantitative estimate of drug-likeness (QED) is 0.945. The number of likely N-dealkylation sites (tertiary alicyclic amines) is 1. The Hall–Kier alpha value is -1.52. The van der Waals surface area contributed by atoms with Gasteiger partial charge in [-0.1, -0.05) is 17.7 Å². The predicted molar refractivity (Wildman–Crippen MR) is 87.9 cm³/mol. The first-order chi connectivity index (χ1) is 10.6. The van der Waals surface area contributed by atoms with Gasteiger partial charge >= 0.3 is 0 Å². The number of aliphatic hydroxyl groups excluding tert-OH is 1. The summed E-state index contributed by atoms with van der Waals surface area (Å²) in [6, 6.07) is 7.94. The highest BCUT2D eigenvalue weighted by Crippen LogP contribution is 2.24. The average Bonchev–Trinajstić information content (AvgIpc) is 2.90. The highest BCUT2D eigenvalue weighted by atomic mass is 35.5. The molecule has 5 heteroatoms. The molecule has 2 unspecified atom stereocenters. The third-order valence-electron chi connectivity index (χ3n) is 4.60. The van der Waals surface area contributed by atoms with Crippen molar-refractivity contribution in [3.8, 4) is 0 Å². The van der Waals surface area contributed by atoms with Crippen molar-refractivity contribution in [1.29, 1.82) is 0 Å². The summed E-state index contributed by atoms with van der Waals surface area (Å²) in [6.07, 6.45) is 3.87. The SMILES string of the molecule is CC1CCC(CO)CN1C(=O)Cn1ccc2ccc(Cl)cc21. The second-order valence-corrected chi connectivity index (χ2v) is 6.60. The second kappa shape index (κ2) is 6.31. The number of amides is 1. The number of fused-ring (bicyclic) bond motifs is 1. The van der Waals surface area contributed by atoms with E-state index in [9.17, 15) is 9.90 Å². The summed E-state index contributed by atoms with van der Waals surface area (Å²) in [6.45, 7) is 3.19. The van der Waals surface area contributed by atoms with Crippen LogP contribution in [0, 0.1) is 5.92 Å². The summed E-state index contributed by atoms with van der Waals surface area (Å²) in [5, 5.41) is 11.1. The molecule has 1 aromatic carbocycles. The molecule has 0 aliphatic carbocycles. The van der Waals surface area contributed by atoms with E-state index >= 15 is 0 Å². The van der Waals surface area contributed by atoms with E-state index in [1.807, 2.05) is 39.9 Å². The monoisotopic (exact) mass is 320 g/mol. The van der Waals surface area contributed by atoms with Gasteiger partial charge in [0.25, 0.3) is 0 Å². The molecule has 1 aliphatic rings. The number of aliphatic hydroxyl groups is 1. The Labute approximate surface area is 135 Å². The van der Waals surface area contributed by atoms with Crippen molar-refractivity contribution in [2.45, 2.75) is 32.4 Å². The van der Waals surface area contributed by atoms with Crippen LogP contribution in [0.5, 0.6) is 0 Å². The number of hydrogen-bond donors (Lipinski definition) is 1. The Morgan fingerprint density at radius 1 is 1.36 bits per heavy atom. The van der Waals surface area contributed by atoms with Crippen LogP contribution in [-0.4, -0.2) is 39.7 Å². The number of piperidine rings is 1. The molecule has 0 radical (unpaired) electrons. The smallest absolute Gasteiger partial charge is 0.242 e. The van der Waals surface area contributed by atoms with Crippen LogP contribution in [0.3, 0.4) is 0 Å². The van der Waals surface area contributed by atoms with Gasteiger partial charge in [0.1, 0.15) is 6.54 Å². The van der Waals surface area contributed by atoms with E-state index in [0.717, 1.165) is 23.7 Å². The van der Waals surface area contributed by atoms with Crippen LogP contribution in [-0.2, 0) is 11.3 Å². The Kier molecular flexibility index (Phi) is 4.41. The number of hydrogen-bond acceptors (Lipinski definition) is 2. The van der Waals surface area contributed by atoms with E-state index in [1.165, 1.54) is 0 Å². The normalized spacial score (nSPS) is 22.2. The number of benzene rings is 1. The lowest BCUT2D eigenvalue weighted by molar-refractivity contribution is -0.136. The molecular weight excluding hydrogens is 300 g/mol. The van der Waals surface area contributed by atoms with Crippen molar-refractivity contribution >= 4 is 28.4 Å². The van der Waals surface area contributed by atoms with E-state index in [1.54, 1.807) is 0 Å². The van der Waals surface area contributed by atoms with E-state index in [-0.39, 0.29) is 24.5 Å². The lowest BCUT2D eigenvalue weighted by Crippen LogP contribution is -2.47. The summed E-state index contributed by atoms with van der Waals surface area (Å²) >= 11 is 6.06. The molecule has 2 atom stereocenters. The minimum atomic E-state index is 0.100. The first-order valence-electron chi connectivity index (χ1n) is 7.73. The topological polar surface area (TPSA) is 45.5 Å². The molecule has 1 amide bonds. The van der Waals surface area contributed by atoms with Crippen molar-refractivity contribution in [1.82, 2.24) is 9.47 Å². The van der Waals surface area contributed by atoms with Gasteiger partial charge < -0.3 is 14.6 Å². The zero-order valence-electron chi connectivity index (χ0n) is 12.7. The third kappa shape index (κ3) is 2.99. The third-order valence-corrected chi connectivity index (χ3v) is 4.83. The van der Waals surface area contributed by atoms with Crippen LogP contribution in [0.1, 0.15) is 19.8 Å². The molecule has 1 N–H and O–H groups in total. The van der Waals surface area contributed by atoms with Crippen LogP contribution in [0.15, 0.2) is 30.5 Å². The number of aromatic nitrogens is 1. The van der Waals surface area contributed by atoms with Gasteiger partial charge in [-0.05, 0) is 49.3 Å². The highest BCUT2D eigenvalue weighted by molar-refractivity contribution is 6.31. The van der Waals surface area contributed by atoms with Crippen molar-refractivity contribution in [3.63, 3.8) is 0 Å². The van der Waals surface area contributed by atoms with Crippen LogP contribution < -0.4 is 0 Å². The second-order valence-electron chi connectivity index (χ2n) is 6.17. The Bertz CT molecular complexity index is 682. The van der Waals surface area contributed by atoms with E-state index < -0.39 is 0 Å². The molecule has 3 rings (SSSR count). The van der Waals surface area contributed by atoms with Gasteiger partial charge in [-0.15, -0.1) is 0 Å². The number of rotatable bonds is 3. The van der Waals surface area contributed by atoms with Gasteiger partial charge in [0.2, 0.25) is 5.91 Å². The minimum absolute atomic E-state index is 0.100. The number of nitrogens with zero attached hydrogens (tertiary/aromatic N) is 2. The van der Waals surface area contributed by atoms with Crippen molar-refractivity contribution in [3.05, 3.63) is 35.5 Å². The fraction of sp³-hybridized carbons (Fsp3) is 0.471. The molecule has 118 valence electrons. The van der Waals surface area contributed by atoms with E-state index in [0.29, 0.717) is 18.1 Å². The van der Waals surface area contributed by atoms with E-state index in [2.05, 4.69) is 6.92 Å². The van der Waals surface area contributed by atoms with Gasteiger partial charge in [-0.25, -0.2) is 0 Å². The fourth-order valence-electron chi connectivity index (χ4n) is 3.21. The average molecular weight is 321 g/mol. The van der Waals surface area contributed by atoms with Crippen molar-refractivity contribution < 1.29 is 9.90 Å². The van der Waals surface area contributed by atoms with Gasteiger partial charge in [-0.3, -0.25) is 4.79 Å². The van der Waals surface area contributed by atoms with E-state index in [4.69, 9.17) is 11.6 Å². The lowest BCUT2D eigenvalue weighted by Gasteiger charge is -2.37. The summed E-state index contributed by atoms with van der Waals surface area (Å²) in [5.74, 6) is 0.305. The summed E-state index contributed by atoms with van der Waals surface area (Å²) in [5.41, 5.74) is 0.976. The first-order valence-corrected chi connectivity index (χ1v) is 8.11. The molecule has 1 aliphatic heterocycles. The molecule has 0 bridgehead atoms. The standard InChI is InChI=1S/C17H21ClN2O2/c1-12-2-3-13(11-21)9-20(12)17(22)10-19-7-6-14-4-5-15(18)8-16(14)19/h4-8,12-13,21H,2-3,9-11H2,1H3. The van der Waals surface area contributed by atoms with Crippen LogP contribution in [0.2, 0.25) is 5.02 Å². The molecule has 1 fully saturated rings. The van der Waals surface area contributed by atoms with Crippen LogP contribution >= 0.6 is 11.6 Å². The zero-order valence-corrected chi connectivity index (χ0v) is 13.5. The molecule has 1 aromatic heterocycles. The molecule has 0 saturated carbocycles. The fourth-order valence-corrected chi connectivity index (χ4v) is 3.38. The number of carbonyl (C=O) groups excluding carboxylic acids is 1. The zero-order chi connectivity index (χ0) is 15.7. The Morgan fingerprint density at radius 2 is 2.18 bits per heavy atom. The molecule has 0 spiro atoms. The number of carbonyl (C=O) groups is 1. The summed E-state index contributed by atoms with van der Waals surface area (Å²) < 4.78 is 1.94. The van der Waals surface area contributed by atoms with Crippen molar-refractivity contribution in [2.75, 3.05) is 13.2 Å². The molecular formula is C17H21ClN2O2. The van der Waals surface area contributed by atoms with Gasteiger partial charge in [0, 0.05) is 35.9 Å². The molecule has 1 saturated heterocycles. The van der Waals surface area contributed by atoms with Crippen molar-refractivity contribution in [2.24, 2.45) is 5.92 Å². The lowest BCUT2D eigenvalue weighted by atomic mass is 9.94. The van der Waals surface area contributed by atoms with Gasteiger partial charge in [0.05, 0.1) is 0 Å². The maximum Gasteiger partial charge on any atom is 0.242 e. The largest absolute Gasteiger partial charge is 0.396 e. The maximum atomic E-state index is 12.7. The minimum Gasteiger partial charge on any atom is -0.396 e. The predicted octanol–water partition coefficient (Wildman–Crippen LogP) is 2.91. The van der Waals surface area contributed by atoms with Crippen LogP contribution in [0.25, 0.3) is 10.9 Å². The van der Waals surface area contributed by atoms with Gasteiger partial charge in [0.15, 0.2) is 0 Å².